The van der Waals surface area contributed by atoms with Crippen molar-refractivity contribution in [2.45, 2.75) is 26.2 Å². The molecule has 0 bridgehead atoms. The van der Waals surface area contributed by atoms with Crippen molar-refractivity contribution >= 4 is 12.0 Å². The van der Waals surface area contributed by atoms with Gasteiger partial charge in [-0.15, -0.1) is 0 Å². The summed E-state index contributed by atoms with van der Waals surface area (Å²) >= 11 is 0. The van der Waals surface area contributed by atoms with Gasteiger partial charge < -0.3 is 19.9 Å². The molecule has 1 unspecified atom stereocenters. The predicted molar refractivity (Wildman–Crippen MR) is 75.4 cm³/mol. The van der Waals surface area contributed by atoms with E-state index in [2.05, 4.69) is 12.2 Å². The number of piperidine rings is 1. The summed E-state index contributed by atoms with van der Waals surface area (Å²) in [7, 11) is 1.39. The Labute approximate surface area is 120 Å². The van der Waals surface area contributed by atoms with Gasteiger partial charge in [-0.05, 0) is 25.8 Å². The monoisotopic (exact) mass is 283 g/mol. The minimum absolute atomic E-state index is 0.244. The second-order valence-corrected chi connectivity index (χ2v) is 5.66. The van der Waals surface area contributed by atoms with Crippen LogP contribution in [-0.4, -0.2) is 68.2 Å². The van der Waals surface area contributed by atoms with Crippen LogP contribution in [0.15, 0.2) is 0 Å². The van der Waals surface area contributed by atoms with Crippen molar-refractivity contribution in [2.75, 3.05) is 46.4 Å². The van der Waals surface area contributed by atoms with Gasteiger partial charge in [0.2, 0.25) is 5.91 Å². The molecule has 0 aliphatic carbocycles. The molecule has 0 radical (unpaired) electrons. The lowest BCUT2D eigenvalue weighted by molar-refractivity contribution is -0.145. The van der Waals surface area contributed by atoms with Gasteiger partial charge in [-0.1, -0.05) is 6.92 Å². The normalized spacial score (nSPS) is 27.3. The molecule has 2 saturated heterocycles. The molecule has 2 fully saturated rings. The van der Waals surface area contributed by atoms with E-state index in [-0.39, 0.29) is 17.4 Å². The summed E-state index contributed by atoms with van der Waals surface area (Å²) in [6.07, 6.45) is 2.59. The molecule has 1 atom stereocenters. The Bertz CT molecular complexity index is 359. The number of carbonyl (C=O) groups is 2. The van der Waals surface area contributed by atoms with Crippen molar-refractivity contribution in [3.63, 3.8) is 0 Å². The van der Waals surface area contributed by atoms with E-state index in [1.165, 1.54) is 7.11 Å². The van der Waals surface area contributed by atoms with Crippen LogP contribution < -0.4 is 5.32 Å². The molecular formula is C14H25N3O3. The van der Waals surface area contributed by atoms with Gasteiger partial charge in [-0.2, -0.15) is 0 Å². The molecule has 2 rings (SSSR count). The van der Waals surface area contributed by atoms with Gasteiger partial charge in [0.25, 0.3) is 0 Å². The van der Waals surface area contributed by atoms with Gasteiger partial charge >= 0.3 is 6.09 Å². The van der Waals surface area contributed by atoms with Crippen molar-refractivity contribution in [2.24, 2.45) is 5.41 Å². The molecule has 1 N–H and O–H groups in total. The highest BCUT2D eigenvalue weighted by molar-refractivity contribution is 5.83. The quantitative estimate of drug-likeness (QED) is 0.809. The van der Waals surface area contributed by atoms with Crippen LogP contribution in [0.3, 0.4) is 0 Å². The van der Waals surface area contributed by atoms with Crippen LogP contribution in [0, 0.1) is 5.41 Å². The molecule has 6 nitrogen and oxygen atoms in total. The van der Waals surface area contributed by atoms with Gasteiger partial charge in [-0.3, -0.25) is 4.79 Å². The molecule has 2 aliphatic rings. The molecule has 2 amide bonds. The van der Waals surface area contributed by atoms with Crippen molar-refractivity contribution < 1.29 is 14.3 Å². The molecule has 0 saturated carbocycles. The van der Waals surface area contributed by atoms with Crippen LogP contribution in [0.2, 0.25) is 0 Å². The lowest BCUT2D eigenvalue weighted by Gasteiger charge is -2.42. The number of hydrogen-bond acceptors (Lipinski definition) is 4. The molecule has 114 valence electrons. The molecule has 0 aromatic carbocycles. The second kappa shape index (κ2) is 6.43. The molecule has 20 heavy (non-hydrogen) atoms. The minimum Gasteiger partial charge on any atom is -0.453 e. The highest BCUT2D eigenvalue weighted by Crippen LogP contribution is 2.32. The summed E-state index contributed by atoms with van der Waals surface area (Å²) in [6, 6.07) is 0. The van der Waals surface area contributed by atoms with Crippen LogP contribution in [0.1, 0.15) is 26.2 Å². The lowest BCUT2D eigenvalue weighted by Crippen LogP contribution is -2.57. The number of nitrogens with zero attached hydrogens (tertiary/aromatic N) is 2. The number of nitrogens with one attached hydrogen (secondary N) is 1. The Kier molecular flexibility index (Phi) is 4.86. The Hall–Kier alpha value is -1.30. The van der Waals surface area contributed by atoms with E-state index >= 15 is 0 Å². The first-order chi connectivity index (χ1) is 9.63. The topological polar surface area (TPSA) is 61.9 Å². The van der Waals surface area contributed by atoms with Gasteiger partial charge in [0.15, 0.2) is 0 Å². The van der Waals surface area contributed by atoms with E-state index in [0.717, 1.165) is 32.4 Å². The number of carbonyl (C=O) groups excluding carboxylic acids is 2. The molecule has 2 aliphatic heterocycles. The Morgan fingerprint density at radius 3 is 2.35 bits per heavy atom. The van der Waals surface area contributed by atoms with Crippen LogP contribution in [0.4, 0.5) is 4.79 Å². The SMILES string of the molecule is CCC1(C(=O)N2CCN(C(=O)OC)CC2)CCCNC1. The van der Waals surface area contributed by atoms with E-state index in [1.54, 1.807) is 4.90 Å². The zero-order valence-electron chi connectivity index (χ0n) is 12.5. The fourth-order valence-electron chi connectivity index (χ4n) is 3.16. The number of ether oxygens (including phenoxy) is 1. The van der Waals surface area contributed by atoms with Crippen molar-refractivity contribution in [3.05, 3.63) is 0 Å². The van der Waals surface area contributed by atoms with Crippen molar-refractivity contribution in [3.8, 4) is 0 Å². The fourth-order valence-corrected chi connectivity index (χ4v) is 3.16. The largest absolute Gasteiger partial charge is 0.453 e. The first-order valence-electron chi connectivity index (χ1n) is 7.46. The zero-order chi connectivity index (χ0) is 14.6. The molecule has 2 heterocycles. The lowest BCUT2D eigenvalue weighted by atomic mass is 9.77. The summed E-state index contributed by atoms with van der Waals surface area (Å²) < 4.78 is 4.72. The first-order valence-corrected chi connectivity index (χ1v) is 7.46. The first kappa shape index (κ1) is 15.1. The van der Waals surface area contributed by atoms with Crippen molar-refractivity contribution in [1.82, 2.24) is 15.1 Å². The third-order valence-corrected chi connectivity index (χ3v) is 4.60. The van der Waals surface area contributed by atoms with Gasteiger partial charge in [0, 0.05) is 32.7 Å². The second-order valence-electron chi connectivity index (χ2n) is 5.66. The summed E-state index contributed by atoms with van der Waals surface area (Å²) in [4.78, 5) is 27.8. The molecule has 6 heteroatoms. The Balaban J connectivity index is 1.95. The number of piperazine rings is 1. The van der Waals surface area contributed by atoms with Crippen LogP contribution >= 0.6 is 0 Å². The third-order valence-electron chi connectivity index (χ3n) is 4.60. The molecule has 0 aromatic heterocycles. The third kappa shape index (κ3) is 2.90. The van der Waals surface area contributed by atoms with Crippen LogP contribution in [0.5, 0.6) is 0 Å². The number of rotatable bonds is 2. The van der Waals surface area contributed by atoms with Gasteiger partial charge in [0.05, 0.1) is 12.5 Å². The molecule has 0 spiro atoms. The number of amides is 2. The zero-order valence-corrected chi connectivity index (χ0v) is 12.5. The van der Waals surface area contributed by atoms with E-state index in [9.17, 15) is 9.59 Å². The smallest absolute Gasteiger partial charge is 0.409 e. The standard InChI is InChI=1S/C14H25N3O3/c1-3-14(5-4-6-15-11-14)12(18)16-7-9-17(10-8-16)13(19)20-2/h15H,3-11H2,1-2H3. The Morgan fingerprint density at radius 2 is 1.85 bits per heavy atom. The maximum Gasteiger partial charge on any atom is 0.409 e. The summed E-state index contributed by atoms with van der Waals surface area (Å²) in [6.45, 7) is 6.21. The van der Waals surface area contributed by atoms with Crippen molar-refractivity contribution in [1.29, 1.82) is 0 Å². The maximum atomic E-state index is 12.8. The van der Waals surface area contributed by atoms with Crippen LogP contribution in [0.25, 0.3) is 0 Å². The maximum absolute atomic E-state index is 12.8. The van der Waals surface area contributed by atoms with E-state index in [1.807, 2.05) is 4.90 Å². The molecule has 0 aromatic rings. The number of methoxy groups -OCH3 is 1. The van der Waals surface area contributed by atoms with Crippen LogP contribution in [-0.2, 0) is 9.53 Å². The van der Waals surface area contributed by atoms with E-state index < -0.39 is 0 Å². The minimum atomic E-state index is -0.304. The van der Waals surface area contributed by atoms with Gasteiger partial charge in [-0.25, -0.2) is 4.79 Å². The Morgan fingerprint density at radius 1 is 1.20 bits per heavy atom. The average Bonchev–Trinajstić information content (AvgIpc) is 2.54. The van der Waals surface area contributed by atoms with Gasteiger partial charge in [0.1, 0.15) is 0 Å². The average molecular weight is 283 g/mol. The molecular weight excluding hydrogens is 258 g/mol. The summed E-state index contributed by atoms with van der Waals surface area (Å²) in [5.41, 5.74) is -0.244. The summed E-state index contributed by atoms with van der Waals surface area (Å²) in [5, 5.41) is 3.35. The highest BCUT2D eigenvalue weighted by Gasteiger charge is 2.41. The summed E-state index contributed by atoms with van der Waals surface area (Å²) in [5.74, 6) is 0.247. The fraction of sp³-hybridized carbons (Fsp3) is 0.857. The highest BCUT2D eigenvalue weighted by atomic mass is 16.5. The predicted octanol–water partition coefficient (Wildman–Crippen LogP) is 0.677. The van der Waals surface area contributed by atoms with E-state index in [4.69, 9.17) is 4.74 Å². The number of hydrogen-bond donors (Lipinski definition) is 1. The van der Waals surface area contributed by atoms with E-state index in [0.29, 0.717) is 26.2 Å².